The first-order valence-electron chi connectivity index (χ1n) is 8.75. The summed E-state index contributed by atoms with van der Waals surface area (Å²) in [5, 5.41) is 11.4. The van der Waals surface area contributed by atoms with Gasteiger partial charge in [-0.2, -0.15) is 0 Å². The highest BCUT2D eigenvalue weighted by Gasteiger charge is 2.15. The van der Waals surface area contributed by atoms with Crippen LogP contribution in [0.1, 0.15) is 21.6 Å². The van der Waals surface area contributed by atoms with Crippen LogP contribution in [0, 0.1) is 0 Å². The average molecular weight is 417 g/mol. The summed E-state index contributed by atoms with van der Waals surface area (Å²) >= 11 is 5.89. The number of methoxy groups -OCH3 is 3. The Morgan fingerprint density at radius 1 is 1.03 bits per heavy atom. The molecule has 9 heteroatoms. The Kier molecular flexibility index (Phi) is 6.56. The molecule has 0 spiro atoms. The number of halogens is 1. The highest BCUT2D eigenvalue weighted by molar-refractivity contribution is 6.30. The van der Waals surface area contributed by atoms with Gasteiger partial charge in [0.25, 0.3) is 5.91 Å². The van der Waals surface area contributed by atoms with Crippen LogP contribution in [0.5, 0.6) is 17.2 Å². The van der Waals surface area contributed by atoms with E-state index in [1.165, 1.54) is 7.11 Å². The molecule has 0 bridgehead atoms. The first-order valence-corrected chi connectivity index (χ1v) is 9.13. The van der Waals surface area contributed by atoms with E-state index < -0.39 is 0 Å². The molecule has 0 fully saturated rings. The van der Waals surface area contributed by atoms with Crippen LogP contribution >= 0.6 is 11.6 Å². The monoisotopic (exact) mass is 416 g/mol. The highest BCUT2D eigenvalue weighted by atomic mass is 35.5. The number of rotatable bonds is 8. The minimum atomic E-state index is -0.332. The lowest BCUT2D eigenvalue weighted by Gasteiger charge is -2.14. The summed E-state index contributed by atoms with van der Waals surface area (Å²) in [5.41, 5.74) is 2.02. The molecule has 1 N–H and O–H groups in total. The van der Waals surface area contributed by atoms with E-state index in [9.17, 15) is 4.79 Å². The van der Waals surface area contributed by atoms with Gasteiger partial charge in [-0.25, -0.2) is 4.68 Å². The Balaban J connectivity index is 1.65. The summed E-state index contributed by atoms with van der Waals surface area (Å²) in [7, 11) is 4.62. The molecule has 152 valence electrons. The van der Waals surface area contributed by atoms with Crippen molar-refractivity contribution in [1.82, 2.24) is 20.3 Å². The van der Waals surface area contributed by atoms with Gasteiger partial charge in [0, 0.05) is 11.6 Å². The smallest absolute Gasteiger partial charge is 0.273 e. The highest BCUT2D eigenvalue weighted by Crippen LogP contribution is 2.38. The molecule has 0 aliphatic carbocycles. The van der Waals surface area contributed by atoms with Gasteiger partial charge in [-0.1, -0.05) is 28.9 Å². The van der Waals surface area contributed by atoms with Crippen LogP contribution in [0.25, 0.3) is 0 Å². The zero-order valence-electron chi connectivity index (χ0n) is 16.3. The number of hydrogen-bond donors (Lipinski definition) is 1. The summed E-state index contributed by atoms with van der Waals surface area (Å²) in [6.07, 6.45) is 1.60. The molecule has 8 nitrogen and oxygen atoms in total. The Morgan fingerprint density at radius 3 is 2.28 bits per heavy atom. The van der Waals surface area contributed by atoms with Gasteiger partial charge in [0.2, 0.25) is 5.75 Å². The maximum absolute atomic E-state index is 12.4. The van der Waals surface area contributed by atoms with E-state index in [1.54, 1.807) is 49.4 Å². The largest absolute Gasteiger partial charge is 0.493 e. The van der Waals surface area contributed by atoms with E-state index in [4.69, 9.17) is 25.8 Å². The number of amides is 1. The van der Waals surface area contributed by atoms with Gasteiger partial charge in [-0.15, -0.1) is 5.10 Å². The van der Waals surface area contributed by atoms with Crippen LogP contribution < -0.4 is 19.5 Å². The maximum Gasteiger partial charge on any atom is 0.273 e. The molecule has 3 rings (SSSR count). The van der Waals surface area contributed by atoms with E-state index >= 15 is 0 Å². The standard InChI is InChI=1S/C20H21ClN4O4/c1-27-17-8-14(9-18(28-2)19(17)29-3)10-22-20(26)16-12-25(24-23-16)11-13-4-6-15(21)7-5-13/h4-9,12H,10-11H2,1-3H3,(H,22,26). The van der Waals surface area contributed by atoms with Crippen LogP contribution in [0.15, 0.2) is 42.6 Å². The topological polar surface area (TPSA) is 87.5 Å². The van der Waals surface area contributed by atoms with E-state index in [0.717, 1.165) is 11.1 Å². The van der Waals surface area contributed by atoms with Crippen LogP contribution in [0.2, 0.25) is 5.02 Å². The summed E-state index contributed by atoms with van der Waals surface area (Å²) in [6.45, 7) is 0.754. The molecule has 0 aliphatic heterocycles. The molecule has 3 aromatic rings. The molecule has 2 aromatic carbocycles. The number of carbonyl (C=O) groups is 1. The minimum absolute atomic E-state index is 0.228. The van der Waals surface area contributed by atoms with Crippen molar-refractivity contribution in [3.63, 3.8) is 0 Å². The quantitative estimate of drug-likeness (QED) is 0.607. The fourth-order valence-corrected chi connectivity index (χ4v) is 2.89. The van der Waals surface area contributed by atoms with E-state index in [1.807, 2.05) is 12.1 Å². The van der Waals surface area contributed by atoms with Gasteiger partial charge < -0.3 is 19.5 Å². The first kappa shape index (κ1) is 20.5. The normalized spacial score (nSPS) is 10.5. The Hall–Kier alpha value is -3.26. The van der Waals surface area contributed by atoms with Crippen LogP contribution in [-0.4, -0.2) is 42.2 Å². The zero-order chi connectivity index (χ0) is 20.8. The third-order valence-corrected chi connectivity index (χ3v) is 4.46. The van der Waals surface area contributed by atoms with Gasteiger partial charge in [-0.05, 0) is 35.4 Å². The van der Waals surface area contributed by atoms with Crippen molar-refractivity contribution in [1.29, 1.82) is 0 Å². The molecule has 0 radical (unpaired) electrons. The van der Waals surface area contributed by atoms with Gasteiger partial charge >= 0.3 is 0 Å². The summed E-state index contributed by atoms with van der Waals surface area (Å²) in [6, 6.07) is 11.0. The number of nitrogens with zero attached hydrogens (tertiary/aromatic N) is 3. The molecule has 1 heterocycles. The van der Waals surface area contributed by atoms with Crippen molar-refractivity contribution in [3.8, 4) is 17.2 Å². The molecule has 0 aliphatic rings. The minimum Gasteiger partial charge on any atom is -0.493 e. The number of carbonyl (C=O) groups excluding carboxylic acids is 1. The predicted molar refractivity (Wildman–Crippen MR) is 108 cm³/mol. The second-order valence-electron chi connectivity index (χ2n) is 6.14. The number of aromatic nitrogens is 3. The van der Waals surface area contributed by atoms with Crippen molar-refractivity contribution < 1.29 is 19.0 Å². The fraction of sp³-hybridized carbons (Fsp3) is 0.250. The van der Waals surface area contributed by atoms with E-state index in [0.29, 0.717) is 28.8 Å². The molecule has 0 unspecified atom stereocenters. The van der Waals surface area contributed by atoms with Crippen molar-refractivity contribution in [2.75, 3.05) is 21.3 Å². The predicted octanol–water partition coefficient (Wildman–Crippen LogP) is 2.94. The molecule has 29 heavy (non-hydrogen) atoms. The number of ether oxygens (including phenoxy) is 3. The molecule has 0 atom stereocenters. The third kappa shape index (κ3) is 4.97. The Morgan fingerprint density at radius 2 is 1.69 bits per heavy atom. The van der Waals surface area contributed by atoms with Gasteiger partial charge in [-0.3, -0.25) is 4.79 Å². The molecular weight excluding hydrogens is 396 g/mol. The second-order valence-corrected chi connectivity index (χ2v) is 6.58. The van der Waals surface area contributed by atoms with Crippen molar-refractivity contribution in [2.24, 2.45) is 0 Å². The molecule has 0 saturated heterocycles. The first-order chi connectivity index (χ1) is 14.0. The lowest BCUT2D eigenvalue weighted by atomic mass is 10.1. The Labute approximate surface area is 173 Å². The molecular formula is C20H21ClN4O4. The van der Waals surface area contributed by atoms with E-state index in [2.05, 4.69) is 15.6 Å². The molecule has 1 amide bonds. The van der Waals surface area contributed by atoms with Gasteiger partial charge in [0.05, 0.1) is 34.1 Å². The summed E-state index contributed by atoms with van der Waals surface area (Å²) in [5.74, 6) is 1.20. The third-order valence-electron chi connectivity index (χ3n) is 4.21. The summed E-state index contributed by atoms with van der Waals surface area (Å²) < 4.78 is 17.5. The summed E-state index contributed by atoms with van der Waals surface area (Å²) in [4.78, 5) is 12.4. The zero-order valence-corrected chi connectivity index (χ0v) is 17.1. The SMILES string of the molecule is COc1cc(CNC(=O)c2cn(Cc3ccc(Cl)cc3)nn2)cc(OC)c1OC. The van der Waals surface area contributed by atoms with E-state index in [-0.39, 0.29) is 18.1 Å². The molecule has 1 aromatic heterocycles. The molecule has 0 saturated carbocycles. The van der Waals surface area contributed by atoms with Crippen molar-refractivity contribution in [2.45, 2.75) is 13.1 Å². The average Bonchev–Trinajstić information content (AvgIpc) is 3.21. The van der Waals surface area contributed by atoms with Crippen LogP contribution in [0.3, 0.4) is 0 Å². The van der Waals surface area contributed by atoms with Gasteiger partial charge in [0.15, 0.2) is 17.2 Å². The lowest BCUT2D eigenvalue weighted by molar-refractivity contribution is 0.0945. The van der Waals surface area contributed by atoms with Crippen LogP contribution in [0.4, 0.5) is 0 Å². The fourth-order valence-electron chi connectivity index (χ4n) is 2.77. The van der Waals surface area contributed by atoms with Crippen molar-refractivity contribution in [3.05, 3.63) is 64.4 Å². The van der Waals surface area contributed by atoms with Crippen LogP contribution in [-0.2, 0) is 13.1 Å². The van der Waals surface area contributed by atoms with Crippen molar-refractivity contribution >= 4 is 17.5 Å². The number of hydrogen-bond acceptors (Lipinski definition) is 6. The maximum atomic E-state index is 12.4. The second kappa shape index (κ2) is 9.29. The number of benzene rings is 2. The number of nitrogens with one attached hydrogen (secondary N) is 1. The van der Waals surface area contributed by atoms with Gasteiger partial charge in [0.1, 0.15) is 0 Å². The lowest BCUT2D eigenvalue weighted by Crippen LogP contribution is -2.23. The Bertz CT molecular complexity index is 963.